The van der Waals surface area contributed by atoms with Crippen LogP contribution in [0.25, 0.3) is 0 Å². The molecule has 2 rings (SSSR count). The normalized spacial score (nSPS) is 20.9. The second-order valence-electron chi connectivity index (χ2n) is 7.41. The number of hydrogen-bond donors (Lipinski definition) is 2. The van der Waals surface area contributed by atoms with Crippen molar-refractivity contribution in [1.29, 1.82) is 0 Å². The van der Waals surface area contributed by atoms with Gasteiger partial charge in [0.25, 0.3) is 5.91 Å². The first kappa shape index (κ1) is 17.6. The van der Waals surface area contributed by atoms with E-state index < -0.39 is 0 Å². The first-order valence-electron chi connectivity index (χ1n) is 8.20. The van der Waals surface area contributed by atoms with Crippen molar-refractivity contribution in [2.24, 2.45) is 11.8 Å². The zero-order chi connectivity index (χ0) is 17.4. The summed E-state index contributed by atoms with van der Waals surface area (Å²) in [5.41, 5.74) is 4.50. The highest BCUT2D eigenvalue weighted by Gasteiger charge is 2.43. The van der Waals surface area contributed by atoms with Crippen LogP contribution < -0.4 is 20.9 Å². The summed E-state index contributed by atoms with van der Waals surface area (Å²) in [6.45, 7) is 10.7. The molecule has 1 aromatic rings. The second-order valence-corrected chi connectivity index (χ2v) is 7.41. The van der Waals surface area contributed by atoms with E-state index in [2.05, 4.69) is 37.2 Å². The summed E-state index contributed by atoms with van der Waals surface area (Å²) in [7, 11) is 1.66. The van der Waals surface area contributed by atoms with E-state index >= 15 is 0 Å². The molecule has 0 spiro atoms. The number of carbonyl (C=O) groups is 1. The first-order valence-corrected chi connectivity index (χ1v) is 8.20. The van der Waals surface area contributed by atoms with Crippen molar-refractivity contribution >= 4 is 11.6 Å². The molecule has 2 atom stereocenters. The number of nitrogens with one attached hydrogen (secondary N) is 1. The second kappa shape index (κ2) is 6.40. The maximum absolute atomic E-state index is 12.5. The molecule has 0 aromatic heterocycles. The van der Waals surface area contributed by atoms with Crippen molar-refractivity contribution < 1.29 is 9.53 Å². The lowest BCUT2D eigenvalue weighted by molar-refractivity contribution is -0.123. The van der Waals surface area contributed by atoms with Crippen LogP contribution in [0.15, 0.2) is 18.2 Å². The van der Waals surface area contributed by atoms with Crippen molar-refractivity contribution in [3.8, 4) is 5.75 Å². The number of anilines is 1. The summed E-state index contributed by atoms with van der Waals surface area (Å²) < 4.78 is 5.41. The molecular formula is C18H29N3O2. The van der Waals surface area contributed by atoms with E-state index in [1.165, 1.54) is 5.56 Å². The van der Waals surface area contributed by atoms with Crippen molar-refractivity contribution in [2.45, 2.75) is 58.5 Å². The van der Waals surface area contributed by atoms with Crippen LogP contribution in [0.4, 0.5) is 5.69 Å². The van der Waals surface area contributed by atoms with Gasteiger partial charge in [-0.1, -0.05) is 26.8 Å². The minimum Gasteiger partial charge on any atom is -0.497 e. The van der Waals surface area contributed by atoms with Gasteiger partial charge in [-0.25, -0.2) is 5.84 Å². The minimum atomic E-state index is -0.326. The smallest absolute Gasteiger partial charge is 0.256 e. The van der Waals surface area contributed by atoms with Gasteiger partial charge in [-0.05, 0) is 43.7 Å². The third-order valence-corrected chi connectivity index (χ3v) is 4.81. The number of rotatable bonds is 4. The molecule has 5 heteroatoms. The average Bonchev–Trinajstić information content (AvgIpc) is 2.49. The van der Waals surface area contributed by atoms with Crippen LogP contribution in [0, 0.1) is 5.92 Å². The van der Waals surface area contributed by atoms with E-state index in [1.807, 2.05) is 26.0 Å². The molecule has 0 saturated heterocycles. The fourth-order valence-electron chi connectivity index (χ4n) is 3.89. The number of nitrogens with two attached hydrogens (primary N) is 1. The maximum atomic E-state index is 12.5. The Hall–Kier alpha value is -1.75. The van der Waals surface area contributed by atoms with E-state index in [1.54, 1.807) is 7.11 Å². The molecule has 0 radical (unpaired) electrons. The van der Waals surface area contributed by atoms with Crippen molar-refractivity contribution in [2.75, 3.05) is 12.0 Å². The molecule has 5 nitrogen and oxygen atoms in total. The van der Waals surface area contributed by atoms with Crippen molar-refractivity contribution in [3.05, 3.63) is 23.8 Å². The fraction of sp³-hybridized carbons (Fsp3) is 0.611. The number of carbonyl (C=O) groups excluding carboxylic acids is 1. The molecule has 23 heavy (non-hydrogen) atoms. The van der Waals surface area contributed by atoms with E-state index in [-0.39, 0.29) is 23.4 Å². The summed E-state index contributed by atoms with van der Waals surface area (Å²) >= 11 is 0. The molecule has 0 fully saturated rings. The average molecular weight is 319 g/mol. The molecule has 0 aliphatic carbocycles. The number of amides is 1. The predicted octanol–water partition coefficient (Wildman–Crippen LogP) is 2.80. The fourth-order valence-corrected chi connectivity index (χ4v) is 3.89. The Balaban J connectivity index is 2.64. The first-order chi connectivity index (χ1) is 10.7. The van der Waals surface area contributed by atoms with Gasteiger partial charge in [-0.2, -0.15) is 0 Å². The third kappa shape index (κ3) is 3.15. The summed E-state index contributed by atoms with van der Waals surface area (Å²) in [6, 6.07) is 5.80. The molecule has 2 unspecified atom stereocenters. The summed E-state index contributed by atoms with van der Waals surface area (Å²) in [6.07, 6.45) is 0.980. The lowest BCUT2D eigenvalue weighted by Gasteiger charge is -2.51. The summed E-state index contributed by atoms with van der Waals surface area (Å²) in [5.74, 6) is 6.66. The molecule has 0 saturated carbocycles. The van der Waals surface area contributed by atoms with Crippen LogP contribution in [-0.2, 0) is 4.79 Å². The van der Waals surface area contributed by atoms with Crippen LogP contribution in [0.3, 0.4) is 0 Å². The summed E-state index contributed by atoms with van der Waals surface area (Å²) in [5, 5.41) is 0. The number of methoxy groups -OCH3 is 1. The number of ether oxygens (including phenoxy) is 1. The predicted molar refractivity (Wildman–Crippen MR) is 93.5 cm³/mol. The molecule has 1 aliphatic heterocycles. The number of fused-ring (bicyclic) bond motifs is 1. The Labute approximate surface area is 139 Å². The van der Waals surface area contributed by atoms with Gasteiger partial charge in [0, 0.05) is 17.3 Å². The molecule has 3 N–H and O–H groups in total. The Kier molecular flexibility index (Phi) is 4.90. The highest BCUT2D eigenvalue weighted by molar-refractivity contribution is 5.86. The number of benzene rings is 1. The lowest BCUT2D eigenvalue weighted by atomic mass is 9.78. The number of hydrogen-bond acceptors (Lipinski definition) is 4. The highest BCUT2D eigenvalue weighted by atomic mass is 16.5. The highest BCUT2D eigenvalue weighted by Crippen LogP contribution is 2.46. The van der Waals surface area contributed by atoms with E-state index in [0.717, 1.165) is 17.9 Å². The lowest BCUT2D eigenvalue weighted by Crippen LogP contribution is -2.61. The van der Waals surface area contributed by atoms with Gasteiger partial charge in [0.2, 0.25) is 0 Å². The molecule has 1 aliphatic rings. The molecule has 1 heterocycles. The van der Waals surface area contributed by atoms with Crippen LogP contribution in [-0.4, -0.2) is 24.6 Å². The Morgan fingerprint density at radius 3 is 2.61 bits per heavy atom. The van der Waals surface area contributed by atoms with Crippen LogP contribution in [0.1, 0.15) is 52.5 Å². The molecule has 1 aromatic carbocycles. The number of hydrazine groups is 1. The Morgan fingerprint density at radius 2 is 2.09 bits per heavy atom. The minimum absolute atomic E-state index is 0.130. The van der Waals surface area contributed by atoms with Crippen molar-refractivity contribution in [3.63, 3.8) is 0 Å². The van der Waals surface area contributed by atoms with Gasteiger partial charge in [0.15, 0.2) is 0 Å². The van der Waals surface area contributed by atoms with Crippen molar-refractivity contribution in [1.82, 2.24) is 5.43 Å². The zero-order valence-electron chi connectivity index (χ0n) is 15.0. The topological polar surface area (TPSA) is 67.6 Å². The largest absolute Gasteiger partial charge is 0.497 e. The van der Waals surface area contributed by atoms with E-state index in [9.17, 15) is 4.79 Å². The van der Waals surface area contributed by atoms with E-state index in [4.69, 9.17) is 10.6 Å². The number of nitrogens with zero attached hydrogens (tertiary/aromatic N) is 1. The standard InChI is InChI=1S/C18H29N3O2/c1-11(2)16(17(22)20-19)21-15-9-13(23-6)7-8-14(15)12(3)10-18(21,4)5/h7-9,11-12,16H,10,19H2,1-6H3,(H,20,22). The molecule has 1 amide bonds. The van der Waals surface area contributed by atoms with E-state index in [0.29, 0.717) is 5.92 Å². The third-order valence-electron chi connectivity index (χ3n) is 4.81. The zero-order valence-corrected chi connectivity index (χ0v) is 15.0. The van der Waals surface area contributed by atoms with Gasteiger partial charge in [0.05, 0.1) is 7.11 Å². The van der Waals surface area contributed by atoms with Gasteiger partial charge in [0.1, 0.15) is 11.8 Å². The monoisotopic (exact) mass is 319 g/mol. The van der Waals surface area contributed by atoms with Gasteiger partial charge < -0.3 is 9.64 Å². The molecule has 0 bridgehead atoms. The molecular weight excluding hydrogens is 290 g/mol. The van der Waals surface area contributed by atoms with Crippen LogP contribution in [0.5, 0.6) is 5.75 Å². The van der Waals surface area contributed by atoms with Gasteiger partial charge >= 0.3 is 0 Å². The van der Waals surface area contributed by atoms with Gasteiger partial charge in [-0.3, -0.25) is 10.2 Å². The Morgan fingerprint density at radius 1 is 1.43 bits per heavy atom. The van der Waals surface area contributed by atoms with Crippen LogP contribution in [0.2, 0.25) is 0 Å². The maximum Gasteiger partial charge on any atom is 0.256 e. The SMILES string of the molecule is COc1ccc2c(c1)N(C(C(=O)NN)C(C)C)C(C)(C)CC2C. The quantitative estimate of drug-likeness (QED) is 0.509. The van der Waals surface area contributed by atoms with Crippen LogP contribution >= 0.6 is 0 Å². The Bertz CT molecular complexity index is 584. The van der Waals surface area contributed by atoms with Gasteiger partial charge in [-0.15, -0.1) is 0 Å². The summed E-state index contributed by atoms with van der Waals surface area (Å²) in [4.78, 5) is 14.7. The molecule has 128 valence electrons.